The van der Waals surface area contributed by atoms with Gasteiger partial charge >= 0.3 is 5.97 Å². The molecule has 2 rings (SSSR count). The van der Waals surface area contributed by atoms with Gasteiger partial charge in [-0.25, -0.2) is 8.42 Å². The number of rotatable bonds is 7. The molecule has 27 heavy (non-hydrogen) atoms. The molecule has 0 radical (unpaired) electrons. The molecule has 1 aromatic heterocycles. The Kier molecular flexibility index (Phi) is 7.02. The summed E-state index contributed by atoms with van der Waals surface area (Å²) >= 11 is 4.93. The lowest BCUT2D eigenvalue weighted by atomic mass is 10.1. The summed E-state index contributed by atoms with van der Waals surface area (Å²) in [6.45, 7) is 8.86. The number of esters is 1. The van der Waals surface area contributed by atoms with Crippen LogP contribution in [-0.4, -0.2) is 27.5 Å². The molecule has 1 N–H and O–H groups in total. The molecular formula is C19H22BrNO4S2. The number of hydrogen-bond donors (Lipinski definition) is 1. The van der Waals surface area contributed by atoms with E-state index in [2.05, 4.69) is 27.2 Å². The van der Waals surface area contributed by atoms with Crippen molar-refractivity contribution in [3.8, 4) is 0 Å². The summed E-state index contributed by atoms with van der Waals surface area (Å²) in [5.41, 5.74) is 0.880. The molecule has 0 fully saturated rings. The Bertz CT molecular complexity index is 1010. The molecule has 0 unspecified atom stereocenters. The summed E-state index contributed by atoms with van der Waals surface area (Å²) in [5, 5.41) is 1.01. The van der Waals surface area contributed by atoms with E-state index in [0.29, 0.717) is 0 Å². The van der Waals surface area contributed by atoms with Crippen molar-refractivity contribution in [2.45, 2.75) is 26.8 Å². The van der Waals surface area contributed by atoms with Crippen molar-refractivity contribution in [3.63, 3.8) is 0 Å². The molecular weight excluding hydrogens is 450 g/mol. The molecule has 0 aliphatic heterocycles. The van der Waals surface area contributed by atoms with Crippen LogP contribution in [0, 0.1) is 5.92 Å². The number of carbonyl (C=O) groups excluding carboxylic acids is 1. The van der Waals surface area contributed by atoms with Crippen LogP contribution in [0.5, 0.6) is 0 Å². The summed E-state index contributed by atoms with van der Waals surface area (Å²) in [4.78, 5) is 12.8. The highest BCUT2D eigenvalue weighted by Gasteiger charge is 2.29. The van der Waals surface area contributed by atoms with Crippen LogP contribution in [0.4, 0.5) is 0 Å². The fourth-order valence-electron chi connectivity index (χ4n) is 2.53. The van der Waals surface area contributed by atoms with Gasteiger partial charge in [0.2, 0.25) is 10.0 Å². The average Bonchev–Trinajstić information content (AvgIpc) is 2.94. The predicted octanol–water partition coefficient (Wildman–Crippen LogP) is 4.78. The zero-order valence-corrected chi connectivity index (χ0v) is 18.8. The Morgan fingerprint density at radius 1 is 1.37 bits per heavy atom. The fourth-order valence-corrected chi connectivity index (χ4v) is 5.53. The van der Waals surface area contributed by atoms with Gasteiger partial charge in [-0.15, -0.1) is 11.3 Å². The number of sulfonamides is 1. The first-order chi connectivity index (χ1) is 12.6. The molecule has 0 amide bonds. The standard InChI is InChI=1S/C19H22BrNO4S2/c1-6-14-15-8-7-13(20)10-17(15)26-16(14)9-12(4)27(23,24)21-18(11(2)3)19(22)25-5/h6-11,18,21H,1H2,2-5H3/b12-9+/t18-/m0/s1. The second kappa shape index (κ2) is 8.68. The minimum absolute atomic E-state index is 0.116. The van der Waals surface area contributed by atoms with Crippen LogP contribution in [0.3, 0.4) is 0 Å². The van der Waals surface area contributed by atoms with E-state index in [0.717, 1.165) is 25.0 Å². The van der Waals surface area contributed by atoms with Crippen LogP contribution in [0.1, 0.15) is 31.2 Å². The maximum absolute atomic E-state index is 12.7. The van der Waals surface area contributed by atoms with Crippen LogP contribution in [0.25, 0.3) is 22.2 Å². The van der Waals surface area contributed by atoms with Gasteiger partial charge in [-0.3, -0.25) is 4.79 Å². The van der Waals surface area contributed by atoms with E-state index in [9.17, 15) is 13.2 Å². The van der Waals surface area contributed by atoms with Gasteiger partial charge in [-0.2, -0.15) is 4.72 Å². The van der Waals surface area contributed by atoms with Crippen molar-refractivity contribution in [2.75, 3.05) is 7.11 Å². The molecule has 1 aromatic carbocycles. The van der Waals surface area contributed by atoms with Gasteiger partial charge in [0, 0.05) is 19.4 Å². The number of hydrogen-bond acceptors (Lipinski definition) is 5. The van der Waals surface area contributed by atoms with Crippen LogP contribution < -0.4 is 4.72 Å². The molecule has 1 heterocycles. The van der Waals surface area contributed by atoms with Gasteiger partial charge in [-0.05, 0) is 36.6 Å². The SMILES string of the molecule is C=Cc1c(/C=C(\C)S(=O)(=O)N[C@H](C(=O)OC)C(C)C)sc2cc(Br)ccc12. The Balaban J connectivity index is 2.45. The topological polar surface area (TPSA) is 72.5 Å². The lowest BCUT2D eigenvalue weighted by Gasteiger charge is -2.19. The van der Waals surface area contributed by atoms with E-state index in [1.165, 1.54) is 25.4 Å². The number of allylic oxidation sites excluding steroid dienone is 1. The summed E-state index contributed by atoms with van der Waals surface area (Å²) < 4.78 is 34.6. The third-order valence-electron chi connectivity index (χ3n) is 4.09. The van der Waals surface area contributed by atoms with E-state index >= 15 is 0 Å². The summed E-state index contributed by atoms with van der Waals surface area (Å²) in [6, 6.07) is 4.95. The van der Waals surface area contributed by atoms with E-state index in [1.807, 2.05) is 18.2 Å². The highest BCUT2D eigenvalue weighted by Crippen LogP contribution is 2.35. The molecule has 5 nitrogen and oxygen atoms in total. The first kappa shape index (κ1) is 21.8. The van der Waals surface area contributed by atoms with E-state index < -0.39 is 22.0 Å². The van der Waals surface area contributed by atoms with Crippen LogP contribution in [-0.2, 0) is 19.6 Å². The molecule has 1 atom stereocenters. The smallest absolute Gasteiger partial charge is 0.324 e. The van der Waals surface area contributed by atoms with Crippen molar-refractivity contribution in [2.24, 2.45) is 5.92 Å². The molecule has 2 aromatic rings. The number of ether oxygens (including phenoxy) is 1. The molecule has 0 saturated carbocycles. The summed E-state index contributed by atoms with van der Waals surface area (Å²) in [7, 11) is -2.62. The molecule has 146 valence electrons. The molecule has 0 bridgehead atoms. The number of thiophene rings is 1. The molecule has 0 saturated heterocycles. The van der Waals surface area contributed by atoms with Crippen molar-refractivity contribution in [1.82, 2.24) is 4.72 Å². The van der Waals surface area contributed by atoms with Gasteiger partial charge in [0.25, 0.3) is 0 Å². The number of benzene rings is 1. The third kappa shape index (κ3) is 4.87. The van der Waals surface area contributed by atoms with Crippen molar-refractivity contribution in [3.05, 3.63) is 44.6 Å². The minimum atomic E-state index is -3.86. The number of nitrogens with one attached hydrogen (secondary N) is 1. The van der Waals surface area contributed by atoms with Crippen molar-refractivity contribution >= 4 is 65.5 Å². The van der Waals surface area contributed by atoms with Gasteiger partial charge in [0.05, 0.1) is 12.0 Å². The molecule has 0 spiro atoms. The maximum atomic E-state index is 12.7. The quantitative estimate of drug-likeness (QED) is 0.589. The Morgan fingerprint density at radius 2 is 2.04 bits per heavy atom. The Labute approximate surface area is 172 Å². The van der Waals surface area contributed by atoms with Crippen molar-refractivity contribution < 1.29 is 17.9 Å². The van der Waals surface area contributed by atoms with Gasteiger partial charge in [0.15, 0.2) is 0 Å². The predicted molar refractivity (Wildman–Crippen MR) is 116 cm³/mol. The maximum Gasteiger partial charge on any atom is 0.324 e. The molecule has 8 heteroatoms. The number of methoxy groups -OCH3 is 1. The zero-order chi connectivity index (χ0) is 20.4. The Morgan fingerprint density at radius 3 is 2.59 bits per heavy atom. The minimum Gasteiger partial charge on any atom is -0.468 e. The van der Waals surface area contributed by atoms with Crippen LogP contribution in [0.2, 0.25) is 0 Å². The van der Waals surface area contributed by atoms with Gasteiger partial charge in [-0.1, -0.05) is 48.5 Å². The van der Waals surface area contributed by atoms with Gasteiger partial charge in [0.1, 0.15) is 6.04 Å². The lowest BCUT2D eigenvalue weighted by molar-refractivity contribution is -0.143. The van der Waals surface area contributed by atoms with Gasteiger partial charge < -0.3 is 4.74 Å². The second-order valence-corrected chi connectivity index (χ2v) is 10.2. The van der Waals surface area contributed by atoms with Crippen LogP contribution in [0.15, 0.2) is 34.2 Å². The van der Waals surface area contributed by atoms with E-state index in [1.54, 1.807) is 26.0 Å². The normalized spacial score (nSPS) is 13.8. The molecule has 0 aliphatic carbocycles. The summed E-state index contributed by atoms with van der Waals surface area (Å²) in [6.07, 6.45) is 3.32. The average molecular weight is 472 g/mol. The number of halogens is 1. The van der Waals surface area contributed by atoms with E-state index in [-0.39, 0.29) is 10.8 Å². The Hall–Kier alpha value is -1.48. The first-order valence-corrected chi connectivity index (χ1v) is 11.3. The zero-order valence-electron chi connectivity index (χ0n) is 15.6. The fraction of sp³-hybridized carbons (Fsp3) is 0.316. The summed E-state index contributed by atoms with van der Waals surface area (Å²) in [5.74, 6) is -0.856. The highest BCUT2D eigenvalue weighted by atomic mass is 79.9. The molecule has 0 aliphatic rings. The van der Waals surface area contributed by atoms with Crippen LogP contribution >= 0.6 is 27.3 Å². The van der Waals surface area contributed by atoms with Crippen molar-refractivity contribution in [1.29, 1.82) is 0 Å². The lowest BCUT2D eigenvalue weighted by Crippen LogP contribution is -2.45. The third-order valence-corrected chi connectivity index (χ3v) is 7.22. The first-order valence-electron chi connectivity index (χ1n) is 8.23. The van der Waals surface area contributed by atoms with E-state index in [4.69, 9.17) is 4.74 Å². The largest absolute Gasteiger partial charge is 0.468 e. The highest BCUT2D eigenvalue weighted by molar-refractivity contribution is 9.10. The number of fused-ring (bicyclic) bond motifs is 1. The monoisotopic (exact) mass is 471 g/mol. The second-order valence-electron chi connectivity index (χ2n) is 6.35. The number of carbonyl (C=O) groups is 1.